The average molecular weight is 289 g/mol. The minimum absolute atomic E-state index is 0.297. The highest BCUT2D eigenvalue weighted by atomic mass is 16.5. The van der Waals surface area contributed by atoms with Crippen LogP contribution in [0, 0.1) is 11.8 Å². The summed E-state index contributed by atoms with van der Waals surface area (Å²) in [5, 5.41) is 3.39. The lowest BCUT2D eigenvalue weighted by atomic mass is 9.80. The van der Waals surface area contributed by atoms with Crippen LogP contribution in [0.4, 0.5) is 0 Å². The number of likely N-dealkylation sites (N-methyl/N-ethyl adjacent to an activating group) is 1. The highest BCUT2D eigenvalue weighted by molar-refractivity contribution is 5.25. The average Bonchev–Trinajstić information content (AvgIpc) is 2.52. The van der Waals surface area contributed by atoms with Crippen molar-refractivity contribution in [3.63, 3.8) is 0 Å². The maximum atomic E-state index is 6.20. The van der Waals surface area contributed by atoms with Crippen molar-refractivity contribution in [2.45, 2.75) is 58.6 Å². The van der Waals surface area contributed by atoms with Gasteiger partial charge in [-0.25, -0.2) is 0 Å². The fourth-order valence-electron chi connectivity index (χ4n) is 3.21. The Morgan fingerprint density at radius 1 is 1.14 bits per heavy atom. The molecule has 0 heterocycles. The minimum Gasteiger partial charge on any atom is -0.376 e. The van der Waals surface area contributed by atoms with Gasteiger partial charge in [-0.1, -0.05) is 45.0 Å². The van der Waals surface area contributed by atoms with Gasteiger partial charge in [0.05, 0.1) is 18.8 Å². The molecule has 0 bridgehead atoms. The Kier molecular flexibility index (Phi) is 6.25. The molecule has 4 unspecified atom stereocenters. The van der Waals surface area contributed by atoms with Crippen molar-refractivity contribution >= 4 is 0 Å². The lowest BCUT2D eigenvalue weighted by Crippen LogP contribution is -2.30. The van der Waals surface area contributed by atoms with Gasteiger partial charge in [0, 0.05) is 0 Å². The van der Waals surface area contributed by atoms with E-state index in [1.165, 1.54) is 30.4 Å². The Bertz CT molecular complexity index is 414. The normalized spacial score (nSPS) is 27.5. The summed E-state index contributed by atoms with van der Waals surface area (Å²) in [4.78, 5) is 0. The van der Waals surface area contributed by atoms with E-state index in [9.17, 15) is 0 Å². The van der Waals surface area contributed by atoms with Crippen molar-refractivity contribution in [3.05, 3.63) is 35.4 Å². The molecule has 1 aliphatic carbocycles. The summed E-state index contributed by atoms with van der Waals surface area (Å²) in [7, 11) is 2.02. The van der Waals surface area contributed by atoms with Crippen LogP contribution in [-0.2, 0) is 11.2 Å². The summed E-state index contributed by atoms with van der Waals surface area (Å²) in [6, 6.07) is 9.21. The number of benzene rings is 1. The summed E-state index contributed by atoms with van der Waals surface area (Å²) < 4.78 is 6.20. The number of hydrogen-bond donors (Lipinski definition) is 1. The second-order valence-electron chi connectivity index (χ2n) is 6.66. The summed E-state index contributed by atoms with van der Waals surface area (Å²) in [5.74, 6) is 1.65. The van der Waals surface area contributed by atoms with Gasteiger partial charge in [0.15, 0.2) is 0 Å². The Morgan fingerprint density at radius 3 is 2.43 bits per heavy atom. The molecule has 2 heteroatoms. The molecule has 1 aliphatic rings. The number of ether oxygens (including phenoxy) is 1. The van der Waals surface area contributed by atoms with Crippen LogP contribution in [0.1, 0.15) is 57.2 Å². The number of aryl methyl sites for hydroxylation is 1. The van der Waals surface area contributed by atoms with E-state index in [0.29, 0.717) is 12.1 Å². The van der Waals surface area contributed by atoms with Crippen molar-refractivity contribution < 1.29 is 4.74 Å². The second kappa shape index (κ2) is 7.95. The zero-order valence-corrected chi connectivity index (χ0v) is 14.1. The third-order valence-electron chi connectivity index (χ3n) is 5.19. The van der Waals surface area contributed by atoms with Gasteiger partial charge in [0.25, 0.3) is 0 Å². The number of hydrogen-bond acceptors (Lipinski definition) is 2. The standard InChI is InChI=1S/C19H31NO/c1-5-16-7-9-17(10-8-16)19(20-4)13-21-18-11-6-14(2)15(3)12-18/h7-10,14-15,18-20H,5-6,11-13H2,1-4H3. The van der Waals surface area contributed by atoms with E-state index in [4.69, 9.17) is 4.74 Å². The van der Waals surface area contributed by atoms with E-state index in [1.807, 2.05) is 7.05 Å². The molecule has 0 amide bonds. The van der Waals surface area contributed by atoms with Gasteiger partial charge < -0.3 is 10.1 Å². The topological polar surface area (TPSA) is 21.3 Å². The van der Waals surface area contributed by atoms with Gasteiger partial charge in [-0.2, -0.15) is 0 Å². The zero-order valence-electron chi connectivity index (χ0n) is 14.1. The first kappa shape index (κ1) is 16.5. The van der Waals surface area contributed by atoms with E-state index >= 15 is 0 Å². The molecule has 0 radical (unpaired) electrons. The van der Waals surface area contributed by atoms with E-state index in [2.05, 4.69) is 50.4 Å². The fourth-order valence-corrected chi connectivity index (χ4v) is 3.21. The Morgan fingerprint density at radius 2 is 1.86 bits per heavy atom. The first-order chi connectivity index (χ1) is 10.1. The van der Waals surface area contributed by atoms with E-state index < -0.39 is 0 Å². The van der Waals surface area contributed by atoms with Crippen molar-refractivity contribution in [1.29, 1.82) is 0 Å². The van der Waals surface area contributed by atoms with Crippen LogP contribution in [0.5, 0.6) is 0 Å². The first-order valence-corrected chi connectivity index (χ1v) is 8.51. The maximum Gasteiger partial charge on any atom is 0.0665 e. The van der Waals surface area contributed by atoms with E-state index in [0.717, 1.165) is 24.9 Å². The SMILES string of the molecule is CCc1ccc(C(COC2CCC(C)C(C)C2)NC)cc1. The number of rotatable bonds is 6. The molecule has 1 aromatic rings. The Labute approximate surface area is 130 Å². The van der Waals surface area contributed by atoms with Crippen LogP contribution in [0.3, 0.4) is 0 Å². The van der Waals surface area contributed by atoms with Gasteiger partial charge in [0.2, 0.25) is 0 Å². The van der Waals surface area contributed by atoms with Gasteiger partial charge in [-0.15, -0.1) is 0 Å². The molecule has 1 saturated carbocycles. The van der Waals surface area contributed by atoms with Crippen molar-refractivity contribution in [2.24, 2.45) is 11.8 Å². The fraction of sp³-hybridized carbons (Fsp3) is 0.684. The minimum atomic E-state index is 0.297. The lowest BCUT2D eigenvalue weighted by molar-refractivity contribution is -0.00683. The lowest BCUT2D eigenvalue weighted by Gasteiger charge is -2.33. The summed E-state index contributed by atoms with van der Waals surface area (Å²) >= 11 is 0. The predicted molar refractivity (Wildman–Crippen MR) is 89.5 cm³/mol. The summed E-state index contributed by atoms with van der Waals surface area (Å²) in [6.07, 6.45) is 5.28. The van der Waals surface area contributed by atoms with Crippen LogP contribution >= 0.6 is 0 Å². The monoisotopic (exact) mass is 289 g/mol. The van der Waals surface area contributed by atoms with Gasteiger partial charge in [-0.05, 0) is 55.7 Å². The third kappa shape index (κ3) is 4.55. The van der Waals surface area contributed by atoms with Gasteiger partial charge >= 0.3 is 0 Å². The van der Waals surface area contributed by atoms with Crippen LogP contribution < -0.4 is 5.32 Å². The van der Waals surface area contributed by atoms with Crippen LogP contribution in [-0.4, -0.2) is 19.8 Å². The molecule has 0 spiro atoms. The molecule has 1 fully saturated rings. The summed E-state index contributed by atoms with van der Waals surface area (Å²) in [5.41, 5.74) is 2.72. The molecule has 1 aromatic carbocycles. The Hall–Kier alpha value is -0.860. The van der Waals surface area contributed by atoms with Gasteiger partial charge in [-0.3, -0.25) is 0 Å². The molecular formula is C19H31NO. The summed E-state index contributed by atoms with van der Waals surface area (Å²) in [6.45, 7) is 7.69. The zero-order chi connectivity index (χ0) is 15.2. The Balaban J connectivity index is 1.87. The molecule has 0 aliphatic heterocycles. The highest BCUT2D eigenvalue weighted by Gasteiger charge is 2.25. The van der Waals surface area contributed by atoms with Gasteiger partial charge in [0.1, 0.15) is 0 Å². The molecule has 4 atom stereocenters. The molecule has 118 valence electrons. The van der Waals surface area contributed by atoms with Crippen LogP contribution in [0.15, 0.2) is 24.3 Å². The van der Waals surface area contributed by atoms with Crippen molar-refractivity contribution in [3.8, 4) is 0 Å². The predicted octanol–water partition coefficient (Wildman–Crippen LogP) is 4.35. The molecule has 1 N–H and O–H groups in total. The highest BCUT2D eigenvalue weighted by Crippen LogP contribution is 2.31. The van der Waals surface area contributed by atoms with E-state index in [1.54, 1.807) is 0 Å². The van der Waals surface area contributed by atoms with Crippen molar-refractivity contribution in [1.82, 2.24) is 5.32 Å². The number of nitrogens with one attached hydrogen (secondary N) is 1. The molecule has 0 aromatic heterocycles. The van der Waals surface area contributed by atoms with E-state index in [-0.39, 0.29) is 0 Å². The second-order valence-corrected chi connectivity index (χ2v) is 6.66. The van der Waals surface area contributed by atoms with Crippen LogP contribution in [0.2, 0.25) is 0 Å². The first-order valence-electron chi connectivity index (χ1n) is 8.51. The quantitative estimate of drug-likeness (QED) is 0.840. The molecular weight excluding hydrogens is 258 g/mol. The maximum absolute atomic E-state index is 6.20. The molecule has 0 saturated heterocycles. The third-order valence-corrected chi connectivity index (χ3v) is 5.19. The smallest absolute Gasteiger partial charge is 0.0665 e. The molecule has 2 nitrogen and oxygen atoms in total. The largest absolute Gasteiger partial charge is 0.376 e. The molecule has 21 heavy (non-hydrogen) atoms. The van der Waals surface area contributed by atoms with Crippen molar-refractivity contribution in [2.75, 3.05) is 13.7 Å². The van der Waals surface area contributed by atoms with Crippen LogP contribution in [0.25, 0.3) is 0 Å². The molecule has 2 rings (SSSR count).